The highest BCUT2D eigenvalue weighted by Crippen LogP contribution is 2.21. The largest absolute Gasteiger partial charge is 0.369 e. The third-order valence-electron chi connectivity index (χ3n) is 5.14. The first kappa shape index (κ1) is 18.3. The Hall–Kier alpha value is -3.11. The van der Waals surface area contributed by atoms with Crippen LogP contribution in [0.25, 0.3) is 11.1 Å². The maximum atomic E-state index is 12.4. The van der Waals surface area contributed by atoms with Crippen molar-refractivity contribution < 1.29 is 4.79 Å². The van der Waals surface area contributed by atoms with Crippen molar-refractivity contribution in [1.82, 2.24) is 4.90 Å². The highest BCUT2D eigenvalue weighted by Gasteiger charge is 2.19. The highest BCUT2D eigenvalue weighted by atomic mass is 16.2. The molecule has 0 bridgehead atoms. The van der Waals surface area contributed by atoms with Crippen molar-refractivity contribution in [2.24, 2.45) is 0 Å². The molecule has 0 atom stereocenters. The summed E-state index contributed by atoms with van der Waals surface area (Å²) in [5.41, 5.74) is 4.42. The smallest absolute Gasteiger partial charge is 0.238 e. The van der Waals surface area contributed by atoms with E-state index in [1.807, 2.05) is 48.5 Å². The van der Waals surface area contributed by atoms with E-state index in [1.165, 1.54) is 11.3 Å². The summed E-state index contributed by atoms with van der Waals surface area (Å²) in [5.74, 6) is 0.0422. The van der Waals surface area contributed by atoms with Gasteiger partial charge in [0.15, 0.2) is 0 Å². The van der Waals surface area contributed by atoms with Gasteiger partial charge in [0.2, 0.25) is 5.91 Å². The van der Waals surface area contributed by atoms with E-state index in [1.54, 1.807) is 0 Å². The van der Waals surface area contributed by atoms with Gasteiger partial charge in [-0.15, -0.1) is 0 Å². The van der Waals surface area contributed by atoms with E-state index in [0.29, 0.717) is 6.54 Å². The number of carbonyl (C=O) groups is 1. The van der Waals surface area contributed by atoms with Gasteiger partial charge >= 0.3 is 0 Å². The SMILES string of the molecule is O=C(CN1CCN(c2ccccc2)CC1)Nc1ccc(-c2ccccc2)cc1. The molecule has 4 nitrogen and oxygen atoms in total. The summed E-state index contributed by atoms with van der Waals surface area (Å²) in [6.45, 7) is 4.12. The number of amides is 1. The Morgan fingerprint density at radius 2 is 1.29 bits per heavy atom. The minimum atomic E-state index is 0.0422. The van der Waals surface area contributed by atoms with Crippen molar-refractivity contribution in [2.75, 3.05) is 42.9 Å². The molecule has 0 unspecified atom stereocenters. The molecule has 1 heterocycles. The van der Waals surface area contributed by atoms with Crippen molar-refractivity contribution in [1.29, 1.82) is 0 Å². The molecular weight excluding hydrogens is 346 g/mol. The fraction of sp³-hybridized carbons (Fsp3) is 0.208. The molecule has 0 spiro atoms. The molecule has 1 amide bonds. The monoisotopic (exact) mass is 371 g/mol. The van der Waals surface area contributed by atoms with Crippen molar-refractivity contribution in [3.8, 4) is 11.1 Å². The Balaban J connectivity index is 1.27. The van der Waals surface area contributed by atoms with Gasteiger partial charge < -0.3 is 10.2 Å². The molecular formula is C24H25N3O. The van der Waals surface area contributed by atoms with Gasteiger partial charge in [0.1, 0.15) is 0 Å². The van der Waals surface area contributed by atoms with E-state index in [0.717, 1.165) is 37.4 Å². The predicted octanol–water partition coefficient (Wildman–Crippen LogP) is 4.11. The third kappa shape index (κ3) is 4.59. The van der Waals surface area contributed by atoms with Gasteiger partial charge in [-0.05, 0) is 35.4 Å². The Kier molecular flexibility index (Phi) is 5.69. The number of anilines is 2. The van der Waals surface area contributed by atoms with Crippen molar-refractivity contribution in [3.05, 3.63) is 84.9 Å². The Labute approximate surface area is 166 Å². The molecule has 0 aliphatic carbocycles. The van der Waals surface area contributed by atoms with Gasteiger partial charge in [0, 0.05) is 37.6 Å². The second-order valence-electron chi connectivity index (χ2n) is 7.09. The molecule has 1 fully saturated rings. The van der Waals surface area contributed by atoms with Crippen molar-refractivity contribution in [2.45, 2.75) is 0 Å². The van der Waals surface area contributed by atoms with E-state index in [4.69, 9.17) is 0 Å². The van der Waals surface area contributed by atoms with E-state index >= 15 is 0 Å². The molecule has 4 heteroatoms. The zero-order valence-corrected chi connectivity index (χ0v) is 15.9. The zero-order chi connectivity index (χ0) is 19.2. The summed E-state index contributed by atoms with van der Waals surface area (Å²) in [7, 11) is 0. The minimum absolute atomic E-state index is 0.0422. The molecule has 142 valence electrons. The Morgan fingerprint density at radius 3 is 1.93 bits per heavy atom. The van der Waals surface area contributed by atoms with Crippen LogP contribution >= 0.6 is 0 Å². The molecule has 1 saturated heterocycles. The number of piperazine rings is 1. The van der Waals surface area contributed by atoms with Gasteiger partial charge in [-0.2, -0.15) is 0 Å². The fourth-order valence-electron chi connectivity index (χ4n) is 3.58. The average molecular weight is 371 g/mol. The summed E-state index contributed by atoms with van der Waals surface area (Å²) in [5, 5.41) is 3.02. The summed E-state index contributed by atoms with van der Waals surface area (Å²) < 4.78 is 0. The molecule has 3 aromatic carbocycles. The molecule has 1 aliphatic rings. The fourth-order valence-corrected chi connectivity index (χ4v) is 3.58. The first-order valence-electron chi connectivity index (χ1n) is 9.76. The average Bonchev–Trinajstić information content (AvgIpc) is 2.76. The Bertz CT molecular complexity index is 886. The van der Waals surface area contributed by atoms with Gasteiger partial charge in [-0.3, -0.25) is 9.69 Å². The number of carbonyl (C=O) groups excluding carboxylic acids is 1. The number of benzene rings is 3. The summed E-state index contributed by atoms with van der Waals surface area (Å²) >= 11 is 0. The van der Waals surface area contributed by atoms with Gasteiger partial charge in [0.25, 0.3) is 0 Å². The van der Waals surface area contributed by atoms with Gasteiger partial charge in [0.05, 0.1) is 6.54 Å². The van der Waals surface area contributed by atoms with Crippen molar-refractivity contribution >= 4 is 17.3 Å². The van der Waals surface area contributed by atoms with Crippen LogP contribution in [-0.4, -0.2) is 43.5 Å². The lowest BCUT2D eigenvalue weighted by atomic mass is 10.1. The second kappa shape index (κ2) is 8.72. The lowest BCUT2D eigenvalue weighted by molar-refractivity contribution is -0.117. The number of para-hydroxylation sites is 1. The van der Waals surface area contributed by atoms with Crippen molar-refractivity contribution in [3.63, 3.8) is 0 Å². The van der Waals surface area contributed by atoms with Crippen LogP contribution in [0.1, 0.15) is 0 Å². The van der Waals surface area contributed by atoms with Gasteiger partial charge in [-0.1, -0.05) is 60.7 Å². The van der Waals surface area contributed by atoms with Crippen LogP contribution in [0.2, 0.25) is 0 Å². The van der Waals surface area contributed by atoms with Crippen LogP contribution in [0.5, 0.6) is 0 Å². The molecule has 1 N–H and O–H groups in total. The lowest BCUT2D eigenvalue weighted by Crippen LogP contribution is -2.48. The zero-order valence-electron chi connectivity index (χ0n) is 15.9. The summed E-state index contributed by atoms with van der Waals surface area (Å²) in [6.07, 6.45) is 0. The molecule has 0 radical (unpaired) electrons. The molecule has 0 saturated carbocycles. The number of hydrogen-bond donors (Lipinski definition) is 1. The quantitative estimate of drug-likeness (QED) is 0.733. The lowest BCUT2D eigenvalue weighted by Gasteiger charge is -2.35. The number of rotatable bonds is 5. The standard InChI is InChI=1S/C24H25N3O/c28-24(19-26-15-17-27(18-16-26)23-9-5-2-6-10-23)25-22-13-11-21(12-14-22)20-7-3-1-4-8-20/h1-14H,15-19H2,(H,25,28). The normalized spacial score (nSPS) is 14.6. The third-order valence-corrected chi connectivity index (χ3v) is 5.14. The maximum Gasteiger partial charge on any atom is 0.238 e. The molecule has 1 aliphatic heterocycles. The van der Waals surface area contributed by atoms with E-state index < -0.39 is 0 Å². The van der Waals surface area contributed by atoms with Crippen LogP contribution in [0.3, 0.4) is 0 Å². The molecule has 0 aromatic heterocycles. The van der Waals surface area contributed by atoms with Crippen LogP contribution in [0, 0.1) is 0 Å². The van der Waals surface area contributed by atoms with Crippen LogP contribution < -0.4 is 10.2 Å². The van der Waals surface area contributed by atoms with Crippen LogP contribution in [0.15, 0.2) is 84.9 Å². The predicted molar refractivity (Wildman–Crippen MR) is 116 cm³/mol. The molecule has 28 heavy (non-hydrogen) atoms. The number of hydrogen-bond acceptors (Lipinski definition) is 3. The first-order valence-corrected chi connectivity index (χ1v) is 9.76. The van der Waals surface area contributed by atoms with E-state index in [9.17, 15) is 4.79 Å². The van der Waals surface area contributed by atoms with Crippen LogP contribution in [0.4, 0.5) is 11.4 Å². The van der Waals surface area contributed by atoms with Crippen LogP contribution in [-0.2, 0) is 4.79 Å². The summed E-state index contributed by atoms with van der Waals surface area (Å²) in [6, 6.07) is 28.7. The second-order valence-corrected chi connectivity index (χ2v) is 7.09. The maximum absolute atomic E-state index is 12.4. The Morgan fingerprint density at radius 1 is 0.714 bits per heavy atom. The topological polar surface area (TPSA) is 35.6 Å². The molecule has 4 rings (SSSR count). The molecule has 3 aromatic rings. The summed E-state index contributed by atoms with van der Waals surface area (Å²) in [4.78, 5) is 17.0. The van der Waals surface area contributed by atoms with Gasteiger partial charge in [-0.25, -0.2) is 0 Å². The van der Waals surface area contributed by atoms with E-state index in [-0.39, 0.29) is 5.91 Å². The first-order chi connectivity index (χ1) is 13.8. The minimum Gasteiger partial charge on any atom is -0.369 e. The highest BCUT2D eigenvalue weighted by molar-refractivity contribution is 5.92. The number of nitrogens with zero attached hydrogens (tertiary/aromatic N) is 2. The van der Waals surface area contributed by atoms with E-state index in [2.05, 4.69) is 51.5 Å². The number of nitrogens with one attached hydrogen (secondary N) is 1.